The Kier molecular flexibility index (Phi) is 7.35. The van der Waals surface area contributed by atoms with E-state index in [9.17, 15) is 28.5 Å². The molecule has 1 aliphatic rings. The molecule has 0 bridgehead atoms. The summed E-state index contributed by atoms with van der Waals surface area (Å²) in [6, 6.07) is 0.283. The lowest BCUT2D eigenvalue weighted by Crippen LogP contribution is -2.38. The van der Waals surface area contributed by atoms with Crippen molar-refractivity contribution in [1.82, 2.24) is 9.55 Å². The number of aromatic amines is 1. The largest absolute Gasteiger partial charge is 0.472 e. The minimum Gasteiger partial charge on any atom is -0.378 e. The third-order valence-corrected chi connectivity index (χ3v) is 6.43. The lowest BCUT2D eigenvalue weighted by molar-refractivity contribution is -0.0187. The average molecular weight is 440 g/mol. The highest BCUT2D eigenvalue weighted by Crippen LogP contribution is 2.51. The Labute approximate surface area is 159 Å². The fraction of sp³-hybridized carbons (Fsp3) is 0.571. The standard InChI is InChI=1S/C14H22N2O10P2/c1-23-12-9(5-7-27(19,20)24-2)8-10(13(12)26-28(21,22)25-3)16-6-4-11(17)15-14(16)18/h4-7,9-10,12-13H,8H2,1-3H3,(H,19,20)(H,21,22)(H,15,17,18)/b7-5+/t9-,10-,12+,13-/m0/s1. The zero-order chi connectivity index (χ0) is 21.1. The zero-order valence-corrected chi connectivity index (χ0v) is 17.1. The number of nitrogens with zero attached hydrogens (tertiary/aromatic N) is 1. The van der Waals surface area contributed by atoms with Gasteiger partial charge in [0.05, 0.1) is 12.1 Å². The van der Waals surface area contributed by atoms with Crippen LogP contribution in [-0.4, -0.2) is 52.9 Å². The summed E-state index contributed by atoms with van der Waals surface area (Å²) in [5.74, 6) is 0.388. The van der Waals surface area contributed by atoms with Crippen molar-refractivity contribution in [3.63, 3.8) is 0 Å². The molecule has 0 aromatic carbocycles. The second kappa shape index (κ2) is 8.98. The van der Waals surface area contributed by atoms with Crippen molar-refractivity contribution in [2.75, 3.05) is 21.3 Å². The summed E-state index contributed by atoms with van der Waals surface area (Å²) in [4.78, 5) is 44.9. The molecular formula is C14H22N2O10P2. The monoisotopic (exact) mass is 440 g/mol. The highest BCUT2D eigenvalue weighted by molar-refractivity contribution is 7.56. The van der Waals surface area contributed by atoms with E-state index >= 15 is 0 Å². The average Bonchev–Trinajstić information content (AvgIpc) is 2.96. The van der Waals surface area contributed by atoms with Crippen molar-refractivity contribution in [2.45, 2.75) is 24.7 Å². The number of ether oxygens (including phenoxy) is 1. The molecule has 28 heavy (non-hydrogen) atoms. The quantitative estimate of drug-likeness (QED) is 0.487. The Balaban J connectivity index is 2.47. The molecule has 1 aromatic rings. The fourth-order valence-corrected chi connectivity index (χ4v) is 4.29. The molecule has 158 valence electrons. The smallest absolute Gasteiger partial charge is 0.378 e. The molecule has 1 aliphatic carbocycles. The van der Waals surface area contributed by atoms with Gasteiger partial charge >= 0.3 is 21.1 Å². The van der Waals surface area contributed by atoms with Crippen molar-refractivity contribution in [3.8, 4) is 0 Å². The number of hydrogen-bond acceptors (Lipinski definition) is 8. The van der Waals surface area contributed by atoms with Gasteiger partial charge in [-0.3, -0.25) is 28.0 Å². The van der Waals surface area contributed by atoms with E-state index in [4.69, 9.17) is 9.26 Å². The molecule has 0 amide bonds. The summed E-state index contributed by atoms with van der Waals surface area (Å²) in [7, 11) is -5.04. The van der Waals surface area contributed by atoms with E-state index in [1.54, 1.807) is 0 Å². The van der Waals surface area contributed by atoms with Crippen molar-refractivity contribution in [1.29, 1.82) is 0 Å². The molecular weight excluding hydrogens is 418 g/mol. The van der Waals surface area contributed by atoms with E-state index in [1.807, 2.05) is 0 Å². The van der Waals surface area contributed by atoms with E-state index in [1.165, 1.54) is 19.4 Å². The Morgan fingerprint density at radius 3 is 2.39 bits per heavy atom. The summed E-state index contributed by atoms with van der Waals surface area (Å²) in [6.45, 7) is 0. The van der Waals surface area contributed by atoms with Gasteiger partial charge < -0.3 is 19.0 Å². The normalized spacial score (nSPS) is 29.6. The van der Waals surface area contributed by atoms with E-state index in [0.29, 0.717) is 0 Å². The van der Waals surface area contributed by atoms with Crippen LogP contribution < -0.4 is 11.2 Å². The van der Waals surface area contributed by atoms with Crippen LogP contribution in [0.3, 0.4) is 0 Å². The topological polar surface area (TPSA) is 166 Å². The fourth-order valence-electron chi connectivity index (χ4n) is 3.07. The highest BCUT2D eigenvalue weighted by Gasteiger charge is 2.48. The van der Waals surface area contributed by atoms with Gasteiger partial charge in [-0.05, 0) is 6.42 Å². The van der Waals surface area contributed by atoms with Crippen LogP contribution in [0.25, 0.3) is 0 Å². The first kappa shape index (κ1) is 22.9. The summed E-state index contributed by atoms with van der Waals surface area (Å²) in [6.07, 6.45) is 0.717. The van der Waals surface area contributed by atoms with E-state index < -0.39 is 50.8 Å². The summed E-state index contributed by atoms with van der Waals surface area (Å²) >= 11 is 0. The van der Waals surface area contributed by atoms with Crippen LogP contribution in [0.5, 0.6) is 0 Å². The van der Waals surface area contributed by atoms with Crippen molar-refractivity contribution >= 4 is 15.4 Å². The number of nitrogens with one attached hydrogen (secondary N) is 1. The van der Waals surface area contributed by atoms with Gasteiger partial charge in [-0.1, -0.05) is 6.08 Å². The van der Waals surface area contributed by atoms with Crippen LogP contribution in [0.4, 0.5) is 0 Å². The van der Waals surface area contributed by atoms with E-state index in [-0.39, 0.29) is 6.42 Å². The molecule has 0 saturated heterocycles. The molecule has 2 unspecified atom stereocenters. The SMILES string of the molecule is CO[C@H]1[C@@H](OP(=O)(O)OC)[C@@H](n2ccc(=O)[nH]c2=O)C[C@@H]1/C=C/P(=O)(O)OC. The Hall–Kier alpha value is -1.36. The summed E-state index contributed by atoms with van der Waals surface area (Å²) < 4.78 is 44.3. The van der Waals surface area contributed by atoms with Gasteiger partial charge in [0.25, 0.3) is 5.56 Å². The molecule has 1 saturated carbocycles. The minimum absolute atomic E-state index is 0.138. The van der Waals surface area contributed by atoms with Gasteiger partial charge in [0.15, 0.2) is 0 Å². The van der Waals surface area contributed by atoms with Gasteiger partial charge in [-0.25, -0.2) is 9.36 Å². The predicted octanol–water partition coefficient (Wildman–Crippen LogP) is 0.590. The zero-order valence-electron chi connectivity index (χ0n) is 15.3. The van der Waals surface area contributed by atoms with E-state index in [2.05, 4.69) is 14.0 Å². The maximum atomic E-state index is 12.2. The predicted molar refractivity (Wildman–Crippen MR) is 96.9 cm³/mol. The minimum atomic E-state index is -4.46. The summed E-state index contributed by atoms with van der Waals surface area (Å²) in [5, 5.41) is 0. The van der Waals surface area contributed by atoms with Crippen LogP contribution in [0.1, 0.15) is 12.5 Å². The molecule has 3 N–H and O–H groups in total. The molecule has 1 fully saturated rings. The van der Waals surface area contributed by atoms with Crippen LogP contribution in [0, 0.1) is 5.92 Å². The van der Waals surface area contributed by atoms with Gasteiger partial charge in [0.2, 0.25) is 0 Å². The number of aromatic nitrogens is 2. The number of methoxy groups -OCH3 is 1. The lowest BCUT2D eigenvalue weighted by Gasteiger charge is -2.27. The summed E-state index contributed by atoms with van der Waals surface area (Å²) in [5.41, 5.74) is -1.36. The first-order chi connectivity index (χ1) is 13.0. The third-order valence-electron chi connectivity index (χ3n) is 4.39. The van der Waals surface area contributed by atoms with Crippen LogP contribution in [0.2, 0.25) is 0 Å². The maximum Gasteiger partial charge on any atom is 0.472 e. The van der Waals surface area contributed by atoms with Crippen molar-refractivity contribution < 1.29 is 37.2 Å². The highest BCUT2D eigenvalue weighted by atomic mass is 31.2. The lowest BCUT2D eigenvalue weighted by atomic mass is 10.1. The molecule has 0 spiro atoms. The molecule has 1 heterocycles. The number of H-pyrrole nitrogens is 1. The molecule has 12 nitrogen and oxygen atoms in total. The van der Waals surface area contributed by atoms with E-state index in [0.717, 1.165) is 30.7 Å². The Bertz CT molecular complexity index is 925. The van der Waals surface area contributed by atoms with Crippen molar-refractivity contribution in [3.05, 3.63) is 45.0 Å². The number of phosphoric ester groups is 1. The van der Waals surface area contributed by atoms with Gasteiger partial charge in [-0.15, -0.1) is 0 Å². The van der Waals surface area contributed by atoms with Crippen LogP contribution in [0.15, 0.2) is 33.7 Å². The first-order valence-electron chi connectivity index (χ1n) is 8.02. The molecule has 14 heteroatoms. The van der Waals surface area contributed by atoms with Gasteiger partial charge in [0.1, 0.15) is 6.10 Å². The van der Waals surface area contributed by atoms with Crippen molar-refractivity contribution in [2.24, 2.45) is 5.92 Å². The van der Waals surface area contributed by atoms with Gasteiger partial charge in [-0.2, -0.15) is 0 Å². The first-order valence-corrected chi connectivity index (χ1v) is 11.2. The molecule has 0 aliphatic heterocycles. The second-order valence-corrected chi connectivity index (χ2v) is 9.30. The Morgan fingerprint density at radius 2 is 1.86 bits per heavy atom. The van der Waals surface area contributed by atoms with Crippen LogP contribution in [-0.2, 0) is 27.4 Å². The molecule has 2 rings (SSSR count). The van der Waals surface area contributed by atoms with Gasteiger partial charge in [0, 0.05) is 45.3 Å². The number of phosphoric acid groups is 1. The third kappa shape index (κ3) is 5.37. The molecule has 1 aromatic heterocycles. The second-order valence-electron chi connectivity index (χ2n) is 5.99. The molecule has 0 radical (unpaired) electrons. The maximum absolute atomic E-state index is 12.2. The van der Waals surface area contributed by atoms with Crippen LogP contribution >= 0.6 is 15.4 Å². The Morgan fingerprint density at radius 1 is 1.18 bits per heavy atom. The number of rotatable bonds is 8. The number of hydrogen-bond donors (Lipinski definition) is 3. The molecule has 6 atom stereocenters.